The molecule has 18 heavy (non-hydrogen) atoms. The van der Waals surface area contributed by atoms with Gasteiger partial charge >= 0.3 is 0 Å². The van der Waals surface area contributed by atoms with Gasteiger partial charge in [-0.25, -0.2) is 0 Å². The van der Waals surface area contributed by atoms with Gasteiger partial charge in [0.25, 0.3) is 0 Å². The molecular formula is C15H20BrClO. The van der Waals surface area contributed by atoms with Gasteiger partial charge in [-0.3, -0.25) is 0 Å². The molecule has 1 aromatic carbocycles. The molecule has 5 atom stereocenters. The van der Waals surface area contributed by atoms with E-state index in [0.717, 1.165) is 11.4 Å². The van der Waals surface area contributed by atoms with Crippen LogP contribution < -0.4 is 0 Å². The van der Waals surface area contributed by atoms with Crippen LogP contribution >= 0.6 is 27.5 Å². The molecule has 1 fully saturated rings. The quantitative estimate of drug-likeness (QED) is 0.729. The number of alkyl halides is 1. The van der Waals surface area contributed by atoms with Crippen molar-refractivity contribution in [2.75, 3.05) is 0 Å². The van der Waals surface area contributed by atoms with Crippen molar-refractivity contribution in [2.45, 2.75) is 44.2 Å². The lowest BCUT2D eigenvalue weighted by Gasteiger charge is -2.24. The van der Waals surface area contributed by atoms with Crippen LogP contribution in [0, 0.1) is 11.8 Å². The Hall–Kier alpha value is -0.0500. The summed E-state index contributed by atoms with van der Waals surface area (Å²) in [6, 6.07) is 8.07. The molecule has 5 unspecified atom stereocenters. The third-order valence-electron chi connectivity index (χ3n) is 4.11. The van der Waals surface area contributed by atoms with Crippen molar-refractivity contribution >= 4 is 27.5 Å². The fourth-order valence-corrected chi connectivity index (χ4v) is 4.40. The molecule has 100 valence electrons. The van der Waals surface area contributed by atoms with Gasteiger partial charge in [0, 0.05) is 15.8 Å². The summed E-state index contributed by atoms with van der Waals surface area (Å²) in [5.41, 5.74) is 1.21. The molecular weight excluding hydrogens is 312 g/mol. The molecule has 1 aliphatic heterocycles. The zero-order chi connectivity index (χ0) is 13.3. The van der Waals surface area contributed by atoms with Gasteiger partial charge in [-0.05, 0) is 37.8 Å². The second kappa shape index (κ2) is 5.94. The first-order chi connectivity index (χ1) is 8.50. The van der Waals surface area contributed by atoms with Crippen LogP contribution in [0.4, 0.5) is 0 Å². The molecule has 0 bridgehead atoms. The summed E-state index contributed by atoms with van der Waals surface area (Å²) in [4.78, 5) is 0.410. The number of hydrogen-bond acceptors (Lipinski definition) is 1. The Morgan fingerprint density at radius 1 is 1.22 bits per heavy atom. The van der Waals surface area contributed by atoms with E-state index in [0.29, 0.717) is 28.9 Å². The Morgan fingerprint density at radius 3 is 2.44 bits per heavy atom. The SMILES string of the molecule is CC1OC(C)C(C(Br)Cc2ccccc2Cl)C1C. The lowest BCUT2D eigenvalue weighted by molar-refractivity contribution is 0.0511. The number of benzene rings is 1. The Bertz CT molecular complexity index is 409. The second-order valence-corrected chi connectivity index (χ2v) is 6.88. The molecule has 1 saturated heterocycles. The highest BCUT2D eigenvalue weighted by Crippen LogP contribution is 2.38. The van der Waals surface area contributed by atoms with Crippen molar-refractivity contribution in [1.29, 1.82) is 0 Å². The molecule has 0 spiro atoms. The molecule has 0 saturated carbocycles. The molecule has 3 heteroatoms. The molecule has 1 aliphatic rings. The van der Waals surface area contributed by atoms with Crippen LogP contribution in [0.3, 0.4) is 0 Å². The second-order valence-electron chi connectivity index (χ2n) is 5.29. The van der Waals surface area contributed by atoms with Gasteiger partial charge in [-0.1, -0.05) is 52.7 Å². The summed E-state index contributed by atoms with van der Waals surface area (Å²) >= 11 is 10.1. The molecule has 0 amide bonds. The molecule has 0 N–H and O–H groups in total. The van der Waals surface area contributed by atoms with Crippen LogP contribution in [0.1, 0.15) is 26.3 Å². The van der Waals surface area contributed by atoms with Crippen molar-refractivity contribution in [3.63, 3.8) is 0 Å². The topological polar surface area (TPSA) is 9.23 Å². The van der Waals surface area contributed by atoms with E-state index in [4.69, 9.17) is 16.3 Å². The molecule has 1 nitrogen and oxygen atoms in total. The highest BCUT2D eigenvalue weighted by molar-refractivity contribution is 9.09. The molecule has 0 aromatic heterocycles. The zero-order valence-corrected chi connectivity index (χ0v) is 13.4. The van der Waals surface area contributed by atoms with Crippen LogP contribution in [-0.2, 0) is 11.2 Å². The number of halogens is 2. The van der Waals surface area contributed by atoms with E-state index in [2.05, 4.69) is 42.8 Å². The molecule has 1 aromatic rings. The number of hydrogen-bond donors (Lipinski definition) is 0. The smallest absolute Gasteiger partial charge is 0.0593 e. The average molecular weight is 332 g/mol. The van der Waals surface area contributed by atoms with Gasteiger partial charge in [0.2, 0.25) is 0 Å². The largest absolute Gasteiger partial charge is 0.375 e. The van der Waals surface area contributed by atoms with Crippen LogP contribution in [0.15, 0.2) is 24.3 Å². The average Bonchev–Trinajstić information content (AvgIpc) is 2.56. The fourth-order valence-electron chi connectivity index (χ4n) is 2.93. The minimum atomic E-state index is 0.307. The fraction of sp³-hybridized carbons (Fsp3) is 0.600. The zero-order valence-electron chi connectivity index (χ0n) is 11.1. The first kappa shape index (κ1) is 14.4. The van der Waals surface area contributed by atoms with Gasteiger partial charge in [0.1, 0.15) is 0 Å². The number of ether oxygens (including phenoxy) is 1. The van der Waals surface area contributed by atoms with E-state index in [9.17, 15) is 0 Å². The summed E-state index contributed by atoms with van der Waals surface area (Å²) < 4.78 is 5.91. The summed E-state index contributed by atoms with van der Waals surface area (Å²) in [7, 11) is 0. The third kappa shape index (κ3) is 2.92. The van der Waals surface area contributed by atoms with Crippen LogP contribution in [0.25, 0.3) is 0 Å². The maximum atomic E-state index is 6.22. The predicted molar refractivity (Wildman–Crippen MR) is 80.5 cm³/mol. The van der Waals surface area contributed by atoms with E-state index < -0.39 is 0 Å². The predicted octanol–water partition coefficient (Wildman–Crippen LogP) is 4.71. The Labute approximate surface area is 123 Å². The first-order valence-corrected chi connectivity index (χ1v) is 7.83. The van der Waals surface area contributed by atoms with E-state index in [-0.39, 0.29) is 0 Å². The van der Waals surface area contributed by atoms with Gasteiger partial charge < -0.3 is 4.74 Å². The standard InChI is InChI=1S/C15H20BrClO/c1-9-10(2)18-11(3)15(9)13(16)8-12-6-4-5-7-14(12)17/h4-7,9-11,13,15H,8H2,1-3H3. The lowest BCUT2D eigenvalue weighted by Crippen LogP contribution is -2.28. The Morgan fingerprint density at radius 2 is 1.89 bits per heavy atom. The van der Waals surface area contributed by atoms with Crippen LogP contribution in [-0.4, -0.2) is 17.0 Å². The normalized spacial score (nSPS) is 33.6. The molecule has 2 rings (SSSR count). The van der Waals surface area contributed by atoms with Crippen molar-refractivity contribution in [1.82, 2.24) is 0 Å². The highest BCUT2D eigenvalue weighted by Gasteiger charge is 2.40. The first-order valence-electron chi connectivity index (χ1n) is 6.53. The van der Waals surface area contributed by atoms with Gasteiger partial charge in [0.15, 0.2) is 0 Å². The van der Waals surface area contributed by atoms with Gasteiger partial charge in [-0.15, -0.1) is 0 Å². The number of rotatable bonds is 3. The molecule has 0 radical (unpaired) electrons. The van der Waals surface area contributed by atoms with Crippen molar-refractivity contribution in [2.24, 2.45) is 11.8 Å². The van der Waals surface area contributed by atoms with Crippen LogP contribution in [0.5, 0.6) is 0 Å². The van der Waals surface area contributed by atoms with Gasteiger partial charge in [-0.2, -0.15) is 0 Å². The Balaban J connectivity index is 2.08. The summed E-state index contributed by atoms with van der Waals surface area (Å²) in [5, 5.41) is 0.856. The maximum Gasteiger partial charge on any atom is 0.0593 e. The van der Waals surface area contributed by atoms with Crippen molar-refractivity contribution in [3.8, 4) is 0 Å². The van der Waals surface area contributed by atoms with E-state index in [1.54, 1.807) is 0 Å². The molecule has 0 aliphatic carbocycles. The minimum absolute atomic E-state index is 0.307. The summed E-state index contributed by atoms with van der Waals surface area (Å²) in [6.45, 7) is 6.61. The van der Waals surface area contributed by atoms with E-state index >= 15 is 0 Å². The highest BCUT2D eigenvalue weighted by atomic mass is 79.9. The summed E-state index contributed by atoms with van der Waals surface area (Å²) in [5.74, 6) is 1.11. The van der Waals surface area contributed by atoms with Gasteiger partial charge in [0.05, 0.1) is 12.2 Å². The van der Waals surface area contributed by atoms with Crippen molar-refractivity contribution < 1.29 is 4.74 Å². The summed E-state index contributed by atoms with van der Waals surface area (Å²) in [6.07, 6.45) is 1.60. The van der Waals surface area contributed by atoms with Crippen LogP contribution in [0.2, 0.25) is 5.02 Å². The van der Waals surface area contributed by atoms with Crippen molar-refractivity contribution in [3.05, 3.63) is 34.9 Å². The lowest BCUT2D eigenvalue weighted by atomic mass is 9.85. The molecule has 1 heterocycles. The Kier molecular flexibility index (Phi) is 4.74. The van der Waals surface area contributed by atoms with E-state index in [1.807, 2.05) is 18.2 Å². The monoisotopic (exact) mass is 330 g/mol. The minimum Gasteiger partial charge on any atom is -0.375 e. The maximum absolute atomic E-state index is 6.22. The van der Waals surface area contributed by atoms with E-state index in [1.165, 1.54) is 5.56 Å². The third-order valence-corrected chi connectivity index (χ3v) is 5.41.